The Morgan fingerprint density at radius 2 is 1.52 bits per heavy atom. The van der Waals surface area contributed by atoms with E-state index < -0.39 is 16.8 Å². The molecule has 25 heavy (non-hydrogen) atoms. The van der Waals surface area contributed by atoms with Gasteiger partial charge in [-0.1, -0.05) is 6.08 Å². The SMILES string of the molecule is COC(=O)C12CC3CC(CC=C(C)C(=O)O)(C1)CC(C(=O)OC)(C3)C2. The van der Waals surface area contributed by atoms with Crippen LogP contribution in [0.15, 0.2) is 11.6 Å². The number of carbonyl (C=O) groups is 3. The molecule has 4 aliphatic carbocycles. The molecule has 0 saturated heterocycles. The van der Waals surface area contributed by atoms with Crippen LogP contribution in [0.3, 0.4) is 0 Å². The van der Waals surface area contributed by atoms with Crippen molar-refractivity contribution in [3.05, 3.63) is 11.6 Å². The zero-order chi connectivity index (χ0) is 18.5. The van der Waals surface area contributed by atoms with Crippen LogP contribution in [0.4, 0.5) is 0 Å². The average molecular weight is 350 g/mol. The van der Waals surface area contributed by atoms with Gasteiger partial charge in [0.15, 0.2) is 0 Å². The molecule has 4 rings (SSSR count). The summed E-state index contributed by atoms with van der Waals surface area (Å²) in [4.78, 5) is 36.4. The monoisotopic (exact) mass is 350 g/mol. The second-order valence-electron chi connectivity index (χ2n) is 8.45. The minimum Gasteiger partial charge on any atom is -0.478 e. The van der Waals surface area contributed by atoms with E-state index in [9.17, 15) is 14.4 Å². The average Bonchev–Trinajstić information content (AvgIpc) is 2.56. The van der Waals surface area contributed by atoms with Crippen molar-refractivity contribution >= 4 is 17.9 Å². The molecule has 6 nitrogen and oxygen atoms in total. The van der Waals surface area contributed by atoms with Crippen molar-refractivity contribution < 1.29 is 29.0 Å². The van der Waals surface area contributed by atoms with Gasteiger partial charge in [0.25, 0.3) is 0 Å². The molecule has 2 unspecified atom stereocenters. The highest BCUT2D eigenvalue weighted by Gasteiger charge is 2.68. The number of carboxylic acids is 1. The molecule has 0 aliphatic heterocycles. The van der Waals surface area contributed by atoms with Gasteiger partial charge in [-0.05, 0) is 63.2 Å². The molecular weight excluding hydrogens is 324 g/mol. The molecule has 4 fully saturated rings. The number of allylic oxidation sites excluding steroid dienone is 1. The van der Waals surface area contributed by atoms with E-state index in [0.717, 1.165) is 19.3 Å². The molecule has 0 aromatic heterocycles. The Bertz CT molecular complexity index is 616. The van der Waals surface area contributed by atoms with Crippen LogP contribution in [0, 0.1) is 22.2 Å². The van der Waals surface area contributed by atoms with E-state index in [0.29, 0.717) is 31.3 Å². The normalized spacial score (nSPS) is 39.2. The summed E-state index contributed by atoms with van der Waals surface area (Å²) < 4.78 is 10.2. The first-order valence-corrected chi connectivity index (χ1v) is 8.77. The Hall–Kier alpha value is -1.85. The number of carbonyl (C=O) groups excluding carboxylic acids is 2. The van der Waals surface area contributed by atoms with Crippen LogP contribution in [0.2, 0.25) is 0 Å². The zero-order valence-corrected chi connectivity index (χ0v) is 15.1. The molecule has 0 radical (unpaired) electrons. The quantitative estimate of drug-likeness (QED) is 0.606. The number of methoxy groups -OCH3 is 2. The van der Waals surface area contributed by atoms with Gasteiger partial charge in [-0.2, -0.15) is 0 Å². The second kappa shape index (κ2) is 5.85. The Kier molecular flexibility index (Phi) is 4.20. The molecule has 1 N–H and O–H groups in total. The zero-order valence-electron chi connectivity index (χ0n) is 15.1. The lowest BCUT2D eigenvalue weighted by atomic mass is 9.39. The highest BCUT2D eigenvalue weighted by molar-refractivity contribution is 5.86. The minimum absolute atomic E-state index is 0.238. The summed E-state index contributed by atoms with van der Waals surface area (Å²) in [7, 11) is 2.79. The van der Waals surface area contributed by atoms with Gasteiger partial charge >= 0.3 is 17.9 Å². The predicted octanol–water partition coefficient (Wildman–Crippen LogP) is 2.71. The molecule has 0 amide bonds. The van der Waals surface area contributed by atoms with E-state index in [4.69, 9.17) is 14.6 Å². The van der Waals surface area contributed by atoms with E-state index in [1.54, 1.807) is 13.0 Å². The summed E-state index contributed by atoms with van der Waals surface area (Å²) >= 11 is 0. The second-order valence-corrected chi connectivity index (χ2v) is 8.45. The number of carboxylic acid groups (broad SMARTS) is 1. The predicted molar refractivity (Wildman–Crippen MR) is 88.5 cm³/mol. The van der Waals surface area contributed by atoms with Crippen molar-refractivity contribution in [1.29, 1.82) is 0 Å². The summed E-state index contributed by atoms with van der Waals surface area (Å²) in [6, 6.07) is 0. The van der Waals surface area contributed by atoms with Crippen LogP contribution in [-0.2, 0) is 23.9 Å². The van der Waals surface area contributed by atoms with Gasteiger partial charge < -0.3 is 14.6 Å². The van der Waals surface area contributed by atoms with E-state index in [1.165, 1.54) is 14.2 Å². The third-order valence-corrected chi connectivity index (χ3v) is 6.60. The minimum atomic E-state index is -0.935. The third kappa shape index (κ3) is 2.75. The summed E-state index contributed by atoms with van der Waals surface area (Å²) in [5.74, 6) is -1.15. The van der Waals surface area contributed by atoms with Crippen molar-refractivity contribution in [2.24, 2.45) is 22.2 Å². The number of ether oxygens (including phenoxy) is 2. The first-order valence-electron chi connectivity index (χ1n) is 8.77. The Labute approximate surface area is 147 Å². The first-order chi connectivity index (χ1) is 11.7. The highest BCUT2D eigenvalue weighted by Crippen LogP contribution is 2.71. The molecule has 4 aliphatic rings. The number of hydrogen-bond donors (Lipinski definition) is 1. The van der Waals surface area contributed by atoms with Crippen LogP contribution in [0.1, 0.15) is 51.9 Å². The molecule has 138 valence electrons. The number of esters is 2. The maximum Gasteiger partial charge on any atom is 0.330 e. The standard InChI is InChI=1S/C19H26O6/c1-12(14(20)21)4-5-17-6-13-7-18(9-17,15(22)24-2)11-19(8-13,10-17)16(23)25-3/h4,13H,5-11H2,1-3H3,(H,20,21). The number of aliphatic carboxylic acids is 1. The highest BCUT2D eigenvalue weighted by atomic mass is 16.5. The summed E-state index contributed by atoms with van der Waals surface area (Å²) in [6.07, 6.45) is 6.54. The van der Waals surface area contributed by atoms with Gasteiger partial charge in [0, 0.05) is 5.57 Å². The molecular formula is C19H26O6. The topological polar surface area (TPSA) is 89.9 Å². The van der Waals surface area contributed by atoms with Gasteiger partial charge in [-0.15, -0.1) is 0 Å². The van der Waals surface area contributed by atoms with Gasteiger partial charge in [-0.3, -0.25) is 9.59 Å². The van der Waals surface area contributed by atoms with Crippen molar-refractivity contribution in [2.75, 3.05) is 14.2 Å². The fraction of sp³-hybridized carbons (Fsp3) is 0.737. The van der Waals surface area contributed by atoms with E-state index >= 15 is 0 Å². The Morgan fingerprint density at radius 1 is 1.00 bits per heavy atom. The number of hydrogen-bond acceptors (Lipinski definition) is 5. The van der Waals surface area contributed by atoms with Gasteiger partial charge in [-0.25, -0.2) is 4.79 Å². The smallest absolute Gasteiger partial charge is 0.330 e. The van der Waals surface area contributed by atoms with Crippen molar-refractivity contribution in [1.82, 2.24) is 0 Å². The van der Waals surface area contributed by atoms with Gasteiger partial charge in [0.1, 0.15) is 0 Å². The largest absolute Gasteiger partial charge is 0.478 e. The maximum atomic E-state index is 12.6. The fourth-order valence-corrected chi connectivity index (χ4v) is 6.21. The van der Waals surface area contributed by atoms with Crippen molar-refractivity contribution in [2.45, 2.75) is 51.9 Å². The van der Waals surface area contributed by atoms with Gasteiger partial charge in [0.2, 0.25) is 0 Å². The van der Waals surface area contributed by atoms with Gasteiger partial charge in [0.05, 0.1) is 25.0 Å². The lowest BCUT2D eigenvalue weighted by molar-refractivity contribution is -0.205. The summed E-state index contributed by atoms with van der Waals surface area (Å²) in [5.41, 5.74) is -1.23. The fourth-order valence-electron chi connectivity index (χ4n) is 6.21. The Morgan fingerprint density at radius 3 is 1.96 bits per heavy atom. The summed E-state index contributed by atoms with van der Waals surface area (Å²) in [6.45, 7) is 1.58. The Balaban J connectivity index is 2.00. The lowest BCUT2D eigenvalue weighted by Crippen LogP contribution is -2.61. The van der Waals surface area contributed by atoms with Crippen LogP contribution >= 0.6 is 0 Å². The number of rotatable bonds is 5. The lowest BCUT2D eigenvalue weighted by Gasteiger charge is -2.64. The van der Waals surface area contributed by atoms with Crippen molar-refractivity contribution in [3.63, 3.8) is 0 Å². The van der Waals surface area contributed by atoms with E-state index in [2.05, 4.69) is 0 Å². The molecule has 0 aromatic rings. The molecule has 0 aromatic carbocycles. The maximum absolute atomic E-state index is 12.6. The molecule has 0 heterocycles. The third-order valence-electron chi connectivity index (χ3n) is 6.60. The van der Waals surface area contributed by atoms with E-state index in [1.807, 2.05) is 0 Å². The molecule has 6 heteroatoms. The first kappa shape index (κ1) is 18.0. The van der Waals surface area contributed by atoms with Crippen LogP contribution in [0.25, 0.3) is 0 Å². The molecule has 0 spiro atoms. The molecule has 2 atom stereocenters. The van der Waals surface area contributed by atoms with Crippen LogP contribution < -0.4 is 0 Å². The van der Waals surface area contributed by atoms with E-state index in [-0.39, 0.29) is 23.3 Å². The molecule has 4 saturated carbocycles. The molecule has 4 bridgehead atoms. The van der Waals surface area contributed by atoms with Crippen LogP contribution in [-0.4, -0.2) is 37.2 Å². The summed E-state index contributed by atoms with van der Waals surface area (Å²) in [5, 5.41) is 9.13. The van der Waals surface area contributed by atoms with Crippen molar-refractivity contribution in [3.8, 4) is 0 Å². The van der Waals surface area contributed by atoms with Crippen LogP contribution in [0.5, 0.6) is 0 Å².